The molecule has 0 saturated heterocycles. The lowest BCUT2D eigenvalue weighted by molar-refractivity contribution is -0.121. The number of rotatable bonds is 4. The number of allylic oxidation sites excluding steroid dienone is 3. The van der Waals surface area contributed by atoms with E-state index >= 15 is 0 Å². The van der Waals surface area contributed by atoms with E-state index in [0.717, 1.165) is 6.42 Å². The van der Waals surface area contributed by atoms with Crippen LogP contribution in [0.5, 0.6) is 0 Å². The SMILES string of the molecule is CN[C@H](C(N)=O)C(C)(C)C1=CCC(C)C=C1. The van der Waals surface area contributed by atoms with Gasteiger partial charge in [-0.05, 0) is 25.0 Å². The average molecular weight is 222 g/mol. The first-order valence-electron chi connectivity index (χ1n) is 5.75. The van der Waals surface area contributed by atoms with E-state index in [1.165, 1.54) is 5.57 Å². The lowest BCUT2D eigenvalue weighted by Gasteiger charge is -2.34. The van der Waals surface area contributed by atoms with Crippen LogP contribution < -0.4 is 11.1 Å². The van der Waals surface area contributed by atoms with Crippen LogP contribution in [0.4, 0.5) is 0 Å². The molecule has 0 fully saturated rings. The monoisotopic (exact) mass is 222 g/mol. The van der Waals surface area contributed by atoms with Crippen LogP contribution in [-0.2, 0) is 4.79 Å². The van der Waals surface area contributed by atoms with E-state index in [1.54, 1.807) is 7.05 Å². The molecule has 16 heavy (non-hydrogen) atoms. The number of amides is 1. The number of likely N-dealkylation sites (N-methyl/N-ethyl adjacent to an activating group) is 1. The summed E-state index contributed by atoms with van der Waals surface area (Å²) in [6.07, 6.45) is 7.54. The third kappa shape index (κ3) is 2.53. The van der Waals surface area contributed by atoms with Crippen molar-refractivity contribution in [1.82, 2.24) is 5.32 Å². The fourth-order valence-corrected chi connectivity index (χ4v) is 2.23. The molecule has 3 N–H and O–H groups in total. The molecule has 1 aliphatic rings. The molecule has 3 nitrogen and oxygen atoms in total. The highest BCUT2D eigenvalue weighted by molar-refractivity contribution is 5.81. The molecule has 1 aliphatic carbocycles. The Morgan fingerprint density at radius 3 is 2.62 bits per heavy atom. The second-order valence-corrected chi connectivity index (χ2v) is 5.08. The third-order valence-electron chi connectivity index (χ3n) is 3.35. The zero-order valence-electron chi connectivity index (χ0n) is 10.6. The molecule has 3 heteroatoms. The molecule has 90 valence electrons. The van der Waals surface area contributed by atoms with Gasteiger partial charge < -0.3 is 11.1 Å². The standard InChI is InChI=1S/C13H22N2O/c1-9-5-7-10(8-6-9)13(2,3)11(15-4)12(14)16/h5,7-9,11,15H,6H2,1-4H3,(H2,14,16)/t9?,11-/m1/s1. The quantitative estimate of drug-likeness (QED) is 0.759. The number of hydrogen-bond donors (Lipinski definition) is 2. The Balaban J connectivity index is 2.93. The average Bonchev–Trinajstić information content (AvgIpc) is 2.18. The van der Waals surface area contributed by atoms with Crippen LogP contribution in [0.25, 0.3) is 0 Å². The number of nitrogens with two attached hydrogens (primary N) is 1. The Morgan fingerprint density at radius 1 is 1.62 bits per heavy atom. The maximum Gasteiger partial charge on any atom is 0.235 e. The zero-order valence-corrected chi connectivity index (χ0v) is 10.6. The molecule has 0 bridgehead atoms. The Kier molecular flexibility index (Phi) is 3.92. The van der Waals surface area contributed by atoms with Gasteiger partial charge in [-0.25, -0.2) is 0 Å². The van der Waals surface area contributed by atoms with Crippen molar-refractivity contribution in [2.75, 3.05) is 7.05 Å². The minimum atomic E-state index is -0.336. The first-order valence-corrected chi connectivity index (χ1v) is 5.75. The summed E-state index contributed by atoms with van der Waals surface area (Å²) >= 11 is 0. The maximum absolute atomic E-state index is 11.4. The van der Waals surface area contributed by atoms with Crippen LogP contribution in [0.3, 0.4) is 0 Å². The summed E-state index contributed by atoms with van der Waals surface area (Å²) in [6.45, 7) is 6.27. The van der Waals surface area contributed by atoms with Gasteiger partial charge in [0.05, 0.1) is 6.04 Å². The van der Waals surface area contributed by atoms with Crippen molar-refractivity contribution in [3.8, 4) is 0 Å². The summed E-state index contributed by atoms with van der Waals surface area (Å²) in [5.41, 5.74) is 6.33. The second-order valence-electron chi connectivity index (χ2n) is 5.08. The minimum absolute atomic E-state index is 0.267. The smallest absolute Gasteiger partial charge is 0.235 e. The summed E-state index contributed by atoms with van der Waals surface area (Å²) in [5.74, 6) is 0.279. The van der Waals surface area contributed by atoms with Crippen LogP contribution in [0.1, 0.15) is 27.2 Å². The maximum atomic E-state index is 11.4. The molecule has 0 aromatic carbocycles. The van der Waals surface area contributed by atoms with Gasteiger partial charge in [0, 0.05) is 5.41 Å². The van der Waals surface area contributed by atoms with E-state index in [2.05, 4.69) is 30.5 Å². The van der Waals surface area contributed by atoms with Crippen LogP contribution >= 0.6 is 0 Å². The van der Waals surface area contributed by atoms with E-state index in [9.17, 15) is 4.79 Å². The minimum Gasteiger partial charge on any atom is -0.368 e. The molecule has 0 radical (unpaired) electrons. The van der Waals surface area contributed by atoms with Crippen molar-refractivity contribution in [2.45, 2.75) is 33.2 Å². The summed E-state index contributed by atoms with van der Waals surface area (Å²) < 4.78 is 0. The van der Waals surface area contributed by atoms with Gasteiger partial charge in [-0.15, -0.1) is 0 Å². The van der Waals surface area contributed by atoms with E-state index in [1.807, 2.05) is 13.8 Å². The molecular formula is C13H22N2O. The topological polar surface area (TPSA) is 55.1 Å². The number of carbonyl (C=O) groups is 1. The Morgan fingerprint density at radius 2 is 2.25 bits per heavy atom. The number of primary amides is 1. The van der Waals surface area contributed by atoms with Crippen LogP contribution in [-0.4, -0.2) is 19.0 Å². The van der Waals surface area contributed by atoms with E-state index < -0.39 is 0 Å². The van der Waals surface area contributed by atoms with Crippen LogP contribution in [0.2, 0.25) is 0 Å². The lowest BCUT2D eigenvalue weighted by Crippen LogP contribution is -2.50. The molecule has 0 aromatic rings. The van der Waals surface area contributed by atoms with Crippen molar-refractivity contribution in [3.05, 3.63) is 23.8 Å². The third-order valence-corrected chi connectivity index (χ3v) is 3.35. The summed E-state index contributed by atoms with van der Waals surface area (Å²) in [7, 11) is 1.77. The molecule has 1 unspecified atom stereocenters. The predicted molar refractivity (Wildman–Crippen MR) is 66.8 cm³/mol. The molecule has 2 atom stereocenters. The van der Waals surface area contributed by atoms with Gasteiger partial charge >= 0.3 is 0 Å². The van der Waals surface area contributed by atoms with Crippen LogP contribution in [0, 0.1) is 11.3 Å². The normalized spacial score (nSPS) is 22.8. The van der Waals surface area contributed by atoms with Gasteiger partial charge in [0.25, 0.3) is 0 Å². The van der Waals surface area contributed by atoms with E-state index in [4.69, 9.17) is 5.73 Å². The van der Waals surface area contributed by atoms with Crippen molar-refractivity contribution >= 4 is 5.91 Å². The largest absolute Gasteiger partial charge is 0.368 e. The zero-order chi connectivity index (χ0) is 12.3. The van der Waals surface area contributed by atoms with Crippen molar-refractivity contribution in [3.63, 3.8) is 0 Å². The molecule has 0 spiro atoms. The van der Waals surface area contributed by atoms with Crippen molar-refractivity contribution < 1.29 is 4.79 Å². The number of nitrogens with one attached hydrogen (secondary N) is 1. The van der Waals surface area contributed by atoms with Gasteiger partial charge in [0.2, 0.25) is 5.91 Å². The van der Waals surface area contributed by atoms with Gasteiger partial charge in [0.1, 0.15) is 0 Å². The Hall–Kier alpha value is -1.09. The van der Waals surface area contributed by atoms with Gasteiger partial charge in [0.15, 0.2) is 0 Å². The Labute approximate surface area is 97.8 Å². The van der Waals surface area contributed by atoms with E-state index in [-0.39, 0.29) is 17.4 Å². The predicted octanol–water partition coefficient (Wildman–Crippen LogP) is 1.61. The van der Waals surface area contributed by atoms with Crippen LogP contribution in [0.15, 0.2) is 23.8 Å². The molecule has 0 heterocycles. The summed E-state index contributed by atoms with van der Waals surface area (Å²) in [5, 5.41) is 3.00. The summed E-state index contributed by atoms with van der Waals surface area (Å²) in [6, 6.07) is -0.336. The highest BCUT2D eigenvalue weighted by Gasteiger charge is 2.35. The fourth-order valence-electron chi connectivity index (χ4n) is 2.23. The van der Waals surface area contributed by atoms with Crippen molar-refractivity contribution in [2.24, 2.45) is 17.1 Å². The number of hydrogen-bond acceptors (Lipinski definition) is 2. The number of carbonyl (C=O) groups excluding carboxylic acids is 1. The second kappa shape index (κ2) is 4.83. The molecule has 0 saturated carbocycles. The molecular weight excluding hydrogens is 200 g/mol. The lowest BCUT2D eigenvalue weighted by atomic mass is 9.74. The van der Waals surface area contributed by atoms with Gasteiger partial charge in [-0.2, -0.15) is 0 Å². The van der Waals surface area contributed by atoms with Gasteiger partial charge in [-0.1, -0.05) is 39.0 Å². The van der Waals surface area contributed by atoms with E-state index in [0.29, 0.717) is 5.92 Å². The highest BCUT2D eigenvalue weighted by Crippen LogP contribution is 2.34. The highest BCUT2D eigenvalue weighted by atomic mass is 16.1. The van der Waals surface area contributed by atoms with Crippen molar-refractivity contribution in [1.29, 1.82) is 0 Å². The first-order chi connectivity index (χ1) is 7.39. The Bertz CT molecular complexity index is 329. The fraction of sp³-hybridized carbons (Fsp3) is 0.615. The first kappa shape index (κ1) is 13.0. The molecule has 0 aliphatic heterocycles. The molecule has 1 amide bonds. The summed E-state index contributed by atoms with van der Waals surface area (Å²) in [4.78, 5) is 11.4. The molecule has 1 rings (SSSR count). The molecule has 0 aromatic heterocycles. The van der Waals surface area contributed by atoms with Gasteiger partial charge in [-0.3, -0.25) is 4.79 Å².